The maximum atomic E-state index is 6.73. The molecule has 0 unspecified atom stereocenters. The van der Waals surface area contributed by atoms with Gasteiger partial charge < -0.3 is 18.3 Å². The first-order valence-electron chi connectivity index (χ1n) is 14.2. The Labute approximate surface area is 239 Å². The molecule has 7 aromatic rings. The molecule has 4 nitrogen and oxygen atoms in total. The van der Waals surface area contributed by atoms with Crippen molar-refractivity contribution >= 4 is 56.3 Å². The number of hydrogen-bond acceptors (Lipinski definition) is 3. The molecule has 200 valence electrons. The number of fused-ring (bicyclic) bond motifs is 6. The van der Waals surface area contributed by atoms with Crippen LogP contribution in [0.3, 0.4) is 0 Å². The summed E-state index contributed by atoms with van der Waals surface area (Å²) in [6, 6.07) is 38.5. The van der Waals surface area contributed by atoms with Crippen molar-refractivity contribution in [1.29, 1.82) is 0 Å². The lowest BCUT2D eigenvalue weighted by molar-refractivity contribution is 0.00578. The van der Waals surface area contributed by atoms with Crippen molar-refractivity contribution in [2.45, 2.75) is 38.9 Å². The van der Waals surface area contributed by atoms with Gasteiger partial charge in [-0.25, -0.2) is 0 Å². The number of hydrogen-bond donors (Lipinski definition) is 0. The molecule has 1 aliphatic rings. The van der Waals surface area contributed by atoms with Crippen molar-refractivity contribution < 1.29 is 13.7 Å². The van der Waals surface area contributed by atoms with Crippen LogP contribution in [-0.4, -0.2) is 22.9 Å². The summed E-state index contributed by atoms with van der Waals surface area (Å²) < 4.78 is 21.9. The zero-order chi connectivity index (χ0) is 27.9. The average Bonchev–Trinajstić information content (AvgIpc) is 3.59. The maximum Gasteiger partial charge on any atom is 0.498 e. The van der Waals surface area contributed by atoms with Crippen molar-refractivity contribution in [2.75, 3.05) is 0 Å². The van der Waals surface area contributed by atoms with Crippen molar-refractivity contribution in [2.24, 2.45) is 0 Å². The minimum atomic E-state index is -0.492. The Morgan fingerprint density at radius 2 is 1.20 bits per heavy atom. The number of furan rings is 1. The summed E-state index contributed by atoms with van der Waals surface area (Å²) in [5, 5.41) is 4.60. The van der Waals surface area contributed by atoms with E-state index in [2.05, 4.69) is 141 Å². The SMILES string of the molecule is CC1(C)OB(c2cccc3c2oc2c(-c4ccc5c(c4)c4ccccc4n5-c4ccccc4)cccc23)OC1(C)C. The highest BCUT2D eigenvalue weighted by atomic mass is 16.7. The molecular formula is C36H30BNO3. The quantitative estimate of drug-likeness (QED) is 0.213. The van der Waals surface area contributed by atoms with Crippen LogP contribution >= 0.6 is 0 Å². The van der Waals surface area contributed by atoms with Gasteiger partial charge in [-0.15, -0.1) is 0 Å². The molecule has 0 radical (unpaired) electrons. The summed E-state index contributed by atoms with van der Waals surface area (Å²) in [5.74, 6) is 0. The van der Waals surface area contributed by atoms with E-state index < -0.39 is 18.3 Å². The Kier molecular flexibility index (Phi) is 5.13. The summed E-state index contributed by atoms with van der Waals surface area (Å²) >= 11 is 0. The lowest BCUT2D eigenvalue weighted by Gasteiger charge is -2.32. The van der Waals surface area contributed by atoms with E-state index in [0.29, 0.717) is 0 Å². The molecule has 8 rings (SSSR count). The summed E-state index contributed by atoms with van der Waals surface area (Å²) in [6.07, 6.45) is 0. The van der Waals surface area contributed by atoms with Gasteiger partial charge in [0.2, 0.25) is 0 Å². The Balaban J connectivity index is 1.32. The van der Waals surface area contributed by atoms with Crippen molar-refractivity contribution in [3.63, 3.8) is 0 Å². The number of para-hydroxylation sites is 4. The predicted octanol–water partition coefficient (Wildman–Crippen LogP) is 8.65. The molecule has 2 aromatic heterocycles. The lowest BCUT2D eigenvalue weighted by atomic mass is 9.78. The minimum absolute atomic E-state index is 0.425. The van der Waals surface area contributed by atoms with Gasteiger partial charge in [-0.1, -0.05) is 78.9 Å². The third-order valence-corrected chi connectivity index (χ3v) is 9.06. The monoisotopic (exact) mass is 535 g/mol. The molecule has 1 fully saturated rings. The fraction of sp³-hybridized carbons (Fsp3) is 0.167. The molecular weight excluding hydrogens is 505 g/mol. The summed E-state index contributed by atoms with van der Waals surface area (Å²) in [6.45, 7) is 8.31. The van der Waals surface area contributed by atoms with Gasteiger partial charge in [-0.05, 0) is 63.6 Å². The number of rotatable bonds is 3. The second-order valence-electron chi connectivity index (χ2n) is 12.0. The first-order valence-corrected chi connectivity index (χ1v) is 14.2. The summed E-state index contributed by atoms with van der Waals surface area (Å²) in [4.78, 5) is 0. The van der Waals surface area contributed by atoms with Crippen LogP contribution in [0.4, 0.5) is 0 Å². The Hall–Kier alpha value is -4.32. The molecule has 5 heteroatoms. The Morgan fingerprint density at radius 3 is 1.98 bits per heavy atom. The van der Waals surface area contributed by atoms with Crippen molar-refractivity contribution in [3.8, 4) is 16.8 Å². The molecule has 41 heavy (non-hydrogen) atoms. The van der Waals surface area contributed by atoms with Gasteiger partial charge >= 0.3 is 7.12 Å². The fourth-order valence-electron chi connectivity index (χ4n) is 6.22. The first-order chi connectivity index (χ1) is 19.8. The van der Waals surface area contributed by atoms with Crippen LogP contribution in [-0.2, 0) is 9.31 Å². The molecule has 1 saturated heterocycles. The van der Waals surface area contributed by atoms with E-state index in [1.807, 2.05) is 0 Å². The van der Waals surface area contributed by atoms with Gasteiger partial charge in [0.05, 0.1) is 22.2 Å². The van der Waals surface area contributed by atoms with Gasteiger partial charge in [-0.2, -0.15) is 0 Å². The van der Waals surface area contributed by atoms with Crippen molar-refractivity contribution in [3.05, 3.63) is 109 Å². The molecule has 0 aliphatic carbocycles. The third-order valence-electron chi connectivity index (χ3n) is 9.06. The normalized spacial score (nSPS) is 16.4. The van der Waals surface area contributed by atoms with Gasteiger partial charge in [0, 0.05) is 38.3 Å². The molecule has 0 spiro atoms. The molecule has 5 aromatic carbocycles. The van der Waals surface area contributed by atoms with Gasteiger partial charge in [0.25, 0.3) is 0 Å². The molecule has 0 atom stereocenters. The molecule has 0 saturated carbocycles. The molecule has 3 heterocycles. The standard InChI is InChI=1S/C36H30BNO3/c1-35(2)36(3,4)41-37(40-35)30-18-11-17-28-27-16-10-15-25(33(27)39-34(28)30)23-20-21-32-29(22-23)26-14-8-9-19-31(26)38(32)24-12-6-5-7-13-24/h5-22H,1-4H3. The van der Waals surface area contributed by atoms with E-state index in [1.54, 1.807) is 0 Å². The van der Waals surface area contributed by atoms with E-state index in [1.165, 1.54) is 21.8 Å². The smallest absolute Gasteiger partial charge is 0.456 e. The minimum Gasteiger partial charge on any atom is -0.456 e. The van der Waals surface area contributed by atoms with Crippen LogP contribution < -0.4 is 5.46 Å². The number of nitrogens with zero attached hydrogens (tertiary/aromatic N) is 1. The molecule has 0 bridgehead atoms. The fourth-order valence-corrected chi connectivity index (χ4v) is 6.22. The molecule has 0 amide bonds. The highest BCUT2D eigenvalue weighted by Gasteiger charge is 2.52. The summed E-state index contributed by atoms with van der Waals surface area (Å²) in [7, 11) is -0.492. The topological polar surface area (TPSA) is 36.5 Å². The van der Waals surface area contributed by atoms with E-state index in [4.69, 9.17) is 13.7 Å². The number of aromatic nitrogens is 1. The maximum absolute atomic E-state index is 6.73. The predicted molar refractivity (Wildman–Crippen MR) is 169 cm³/mol. The second-order valence-corrected chi connectivity index (χ2v) is 12.0. The van der Waals surface area contributed by atoms with Crippen LogP contribution in [0.2, 0.25) is 0 Å². The highest BCUT2D eigenvalue weighted by Crippen LogP contribution is 2.41. The van der Waals surface area contributed by atoms with Gasteiger partial charge in [0.1, 0.15) is 11.2 Å². The Morgan fingerprint density at radius 1 is 0.561 bits per heavy atom. The van der Waals surface area contributed by atoms with Crippen LogP contribution in [0, 0.1) is 0 Å². The van der Waals surface area contributed by atoms with Crippen LogP contribution in [0.5, 0.6) is 0 Å². The van der Waals surface area contributed by atoms with E-state index in [9.17, 15) is 0 Å². The molecule has 0 N–H and O–H groups in total. The average molecular weight is 535 g/mol. The zero-order valence-electron chi connectivity index (χ0n) is 23.6. The third kappa shape index (κ3) is 3.56. The van der Waals surface area contributed by atoms with Crippen LogP contribution in [0.25, 0.3) is 60.6 Å². The second kappa shape index (κ2) is 8.59. The van der Waals surface area contributed by atoms with Gasteiger partial charge in [-0.3, -0.25) is 0 Å². The number of benzene rings is 5. The van der Waals surface area contributed by atoms with Crippen molar-refractivity contribution in [1.82, 2.24) is 4.57 Å². The summed E-state index contributed by atoms with van der Waals surface area (Å²) in [5.41, 5.74) is 7.48. The first kappa shape index (κ1) is 24.5. The Bertz CT molecular complexity index is 2100. The van der Waals surface area contributed by atoms with E-state index in [0.717, 1.165) is 44.2 Å². The largest absolute Gasteiger partial charge is 0.498 e. The lowest BCUT2D eigenvalue weighted by Crippen LogP contribution is -2.41. The van der Waals surface area contributed by atoms with Crippen LogP contribution in [0.15, 0.2) is 114 Å². The molecule has 1 aliphatic heterocycles. The van der Waals surface area contributed by atoms with E-state index >= 15 is 0 Å². The zero-order valence-corrected chi connectivity index (χ0v) is 23.6. The van der Waals surface area contributed by atoms with E-state index in [-0.39, 0.29) is 0 Å². The van der Waals surface area contributed by atoms with Gasteiger partial charge in [0.15, 0.2) is 0 Å². The highest BCUT2D eigenvalue weighted by molar-refractivity contribution is 6.65. The van der Waals surface area contributed by atoms with Crippen LogP contribution in [0.1, 0.15) is 27.7 Å².